The fraction of sp³-hybridized carbons (Fsp3) is 0.636. The van der Waals surface area contributed by atoms with E-state index in [0.717, 1.165) is 17.4 Å². The van der Waals surface area contributed by atoms with Gasteiger partial charge >= 0.3 is 0 Å². The van der Waals surface area contributed by atoms with E-state index >= 15 is 0 Å². The lowest BCUT2D eigenvalue weighted by atomic mass is 10.1. The first-order valence-corrected chi connectivity index (χ1v) is 6.25. The number of aromatic nitrogens is 2. The first-order chi connectivity index (χ1) is 7.52. The van der Waals surface area contributed by atoms with Crippen molar-refractivity contribution in [1.29, 1.82) is 0 Å². The van der Waals surface area contributed by atoms with E-state index in [2.05, 4.69) is 40.2 Å². The quantitative estimate of drug-likeness (QED) is 0.644. The molecule has 1 aromatic heterocycles. The largest absolute Gasteiger partial charge is 0.315 e. The van der Waals surface area contributed by atoms with Gasteiger partial charge in [-0.05, 0) is 28.9 Å². The van der Waals surface area contributed by atoms with Crippen molar-refractivity contribution in [3.8, 4) is 0 Å². The highest BCUT2D eigenvalue weighted by Gasteiger charge is 2.14. The van der Waals surface area contributed by atoms with Crippen molar-refractivity contribution in [2.45, 2.75) is 32.7 Å². The molecule has 0 radical (unpaired) electrons. The van der Waals surface area contributed by atoms with Crippen molar-refractivity contribution >= 4 is 21.7 Å². The summed E-state index contributed by atoms with van der Waals surface area (Å²) >= 11 is 3.33. The van der Waals surface area contributed by atoms with Gasteiger partial charge in [0, 0.05) is 19.5 Å². The fourth-order valence-corrected chi connectivity index (χ4v) is 2.05. The molecule has 0 atom stereocenters. The number of rotatable bonds is 6. The van der Waals surface area contributed by atoms with Crippen LogP contribution < -0.4 is 5.32 Å². The molecule has 0 saturated carbocycles. The van der Waals surface area contributed by atoms with Crippen molar-refractivity contribution in [3.63, 3.8) is 0 Å². The standard InChI is InChI=1S/C11H18BrN3O/c1-8(2)13-6-4-5-10(16)11-9(12)7-14-15(11)3/h7-8,13H,4-6H2,1-3H3. The van der Waals surface area contributed by atoms with E-state index in [1.807, 2.05) is 0 Å². The van der Waals surface area contributed by atoms with Crippen LogP contribution in [0.15, 0.2) is 10.7 Å². The van der Waals surface area contributed by atoms with Gasteiger partial charge in [0.2, 0.25) is 0 Å². The average molecular weight is 288 g/mol. The maximum absolute atomic E-state index is 11.9. The molecule has 1 heterocycles. The summed E-state index contributed by atoms with van der Waals surface area (Å²) in [5.41, 5.74) is 0.657. The first-order valence-electron chi connectivity index (χ1n) is 5.46. The third kappa shape index (κ3) is 3.72. The van der Waals surface area contributed by atoms with Crippen molar-refractivity contribution in [1.82, 2.24) is 15.1 Å². The number of ketones is 1. The van der Waals surface area contributed by atoms with Gasteiger partial charge in [-0.1, -0.05) is 13.8 Å². The SMILES string of the molecule is CC(C)NCCCC(=O)c1c(Br)cnn1C. The van der Waals surface area contributed by atoms with Crippen molar-refractivity contribution in [3.05, 3.63) is 16.4 Å². The van der Waals surface area contributed by atoms with Crippen molar-refractivity contribution in [2.75, 3.05) is 6.54 Å². The summed E-state index contributed by atoms with van der Waals surface area (Å²) in [6.45, 7) is 5.07. The van der Waals surface area contributed by atoms with Gasteiger partial charge in [-0.3, -0.25) is 9.48 Å². The van der Waals surface area contributed by atoms with Crippen molar-refractivity contribution in [2.24, 2.45) is 7.05 Å². The van der Waals surface area contributed by atoms with E-state index in [1.165, 1.54) is 0 Å². The number of aryl methyl sites for hydroxylation is 1. The highest BCUT2D eigenvalue weighted by molar-refractivity contribution is 9.10. The molecule has 0 saturated heterocycles. The Balaban J connectivity index is 2.41. The summed E-state index contributed by atoms with van der Waals surface area (Å²) in [5.74, 6) is 0.137. The monoisotopic (exact) mass is 287 g/mol. The Bertz CT molecular complexity index is 341. The maximum atomic E-state index is 11.9. The third-order valence-corrected chi connectivity index (χ3v) is 2.87. The molecular formula is C11H18BrN3O. The topological polar surface area (TPSA) is 46.9 Å². The Kier molecular flexibility index (Phi) is 5.15. The Morgan fingerprint density at radius 1 is 1.62 bits per heavy atom. The molecule has 5 heteroatoms. The van der Waals surface area contributed by atoms with Gasteiger partial charge in [-0.2, -0.15) is 5.10 Å². The van der Waals surface area contributed by atoms with Crippen LogP contribution in [0, 0.1) is 0 Å². The molecule has 4 nitrogen and oxygen atoms in total. The second kappa shape index (κ2) is 6.15. The minimum Gasteiger partial charge on any atom is -0.315 e. The summed E-state index contributed by atoms with van der Waals surface area (Å²) in [7, 11) is 1.78. The van der Waals surface area contributed by atoms with Crippen molar-refractivity contribution < 1.29 is 4.79 Å². The molecule has 1 rings (SSSR count). The highest BCUT2D eigenvalue weighted by atomic mass is 79.9. The lowest BCUT2D eigenvalue weighted by Crippen LogP contribution is -2.24. The van der Waals surface area contributed by atoms with E-state index in [4.69, 9.17) is 0 Å². The Hall–Kier alpha value is -0.680. The van der Waals surface area contributed by atoms with Crippen LogP contribution in [-0.2, 0) is 7.05 Å². The van der Waals surface area contributed by atoms with Crippen LogP contribution in [0.5, 0.6) is 0 Å². The predicted octanol–water partition coefficient (Wildman–Crippen LogP) is 2.14. The van der Waals surface area contributed by atoms with Gasteiger partial charge in [0.15, 0.2) is 5.78 Å². The molecule has 90 valence electrons. The van der Waals surface area contributed by atoms with Gasteiger partial charge < -0.3 is 5.32 Å². The lowest BCUT2D eigenvalue weighted by Gasteiger charge is -2.07. The van der Waals surface area contributed by atoms with Gasteiger partial charge in [0.25, 0.3) is 0 Å². The number of nitrogens with zero attached hydrogens (tertiary/aromatic N) is 2. The summed E-state index contributed by atoms with van der Waals surface area (Å²) in [5, 5.41) is 7.32. The van der Waals surface area contributed by atoms with Crippen LogP contribution in [0.1, 0.15) is 37.2 Å². The molecule has 0 unspecified atom stereocenters. The summed E-state index contributed by atoms with van der Waals surface area (Å²) < 4.78 is 2.39. The number of carbonyl (C=O) groups is 1. The number of nitrogens with one attached hydrogen (secondary N) is 1. The Labute approximate surface area is 105 Å². The van der Waals surface area contributed by atoms with Gasteiger partial charge in [0.05, 0.1) is 10.7 Å². The second-order valence-corrected chi connectivity index (χ2v) is 4.95. The fourth-order valence-electron chi connectivity index (χ4n) is 1.48. The molecule has 1 N–H and O–H groups in total. The third-order valence-electron chi connectivity index (χ3n) is 2.29. The van der Waals surface area contributed by atoms with E-state index in [-0.39, 0.29) is 5.78 Å². The van der Waals surface area contributed by atoms with Gasteiger partial charge in [0.1, 0.15) is 5.69 Å². The van der Waals surface area contributed by atoms with E-state index in [0.29, 0.717) is 18.2 Å². The van der Waals surface area contributed by atoms with Crippen LogP contribution in [-0.4, -0.2) is 28.2 Å². The molecule has 0 fully saturated rings. The van der Waals surface area contributed by atoms with E-state index < -0.39 is 0 Å². The van der Waals surface area contributed by atoms with Gasteiger partial charge in [-0.25, -0.2) is 0 Å². The van der Waals surface area contributed by atoms with Crippen LogP contribution in [0.3, 0.4) is 0 Å². The molecule has 0 amide bonds. The second-order valence-electron chi connectivity index (χ2n) is 4.10. The maximum Gasteiger partial charge on any atom is 0.182 e. The summed E-state index contributed by atoms with van der Waals surface area (Å²) in [6.07, 6.45) is 3.06. The average Bonchev–Trinajstić information content (AvgIpc) is 2.53. The summed E-state index contributed by atoms with van der Waals surface area (Å²) in [4.78, 5) is 11.9. The molecule has 0 aromatic carbocycles. The molecule has 16 heavy (non-hydrogen) atoms. The molecular weight excluding hydrogens is 270 g/mol. The van der Waals surface area contributed by atoms with Gasteiger partial charge in [-0.15, -0.1) is 0 Å². The molecule has 0 aliphatic heterocycles. The Morgan fingerprint density at radius 3 is 2.81 bits per heavy atom. The minimum atomic E-state index is 0.137. The number of hydrogen-bond donors (Lipinski definition) is 1. The van der Waals surface area contributed by atoms with Crippen LogP contribution in [0.2, 0.25) is 0 Å². The minimum absolute atomic E-state index is 0.137. The Morgan fingerprint density at radius 2 is 2.31 bits per heavy atom. The van der Waals surface area contributed by atoms with E-state index in [1.54, 1.807) is 17.9 Å². The molecule has 0 spiro atoms. The highest BCUT2D eigenvalue weighted by Crippen LogP contribution is 2.17. The number of hydrogen-bond acceptors (Lipinski definition) is 3. The number of Topliss-reactive ketones (excluding diaryl/α,β-unsaturated/α-hetero) is 1. The first kappa shape index (κ1) is 13.4. The zero-order chi connectivity index (χ0) is 12.1. The molecule has 0 bridgehead atoms. The molecule has 0 aliphatic carbocycles. The zero-order valence-corrected chi connectivity index (χ0v) is 11.5. The van der Waals surface area contributed by atoms with E-state index in [9.17, 15) is 4.79 Å². The molecule has 0 aliphatic rings. The summed E-state index contributed by atoms with van der Waals surface area (Å²) in [6, 6.07) is 0.471. The lowest BCUT2D eigenvalue weighted by molar-refractivity contribution is 0.0970. The number of carbonyl (C=O) groups excluding carboxylic acids is 1. The van der Waals surface area contributed by atoms with Crippen LogP contribution in [0.25, 0.3) is 0 Å². The van der Waals surface area contributed by atoms with Crippen LogP contribution in [0.4, 0.5) is 0 Å². The zero-order valence-electron chi connectivity index (χ0n) is 9.96. The predicted molar refractivity (Wildman–Crippen MR) is 67.6 cm³/mol. The molecule has 1 aromatic rings. The number of halogens is 1. The normalized spacial score (nSPS) is 11.1. The van der Waals surface area contributed by atoms with Crippen LogP contribution >= 0.6 is 15.9 Å². The smallest absolute Gasteiger partial charge is 0.182 e.